The third-order valence-corrected chi connectivity index (χ3v) is 6.12. The molecule has 0 saturated carbocycles. The third-order valence-electron chi connectivity index (χ3n) is 6.12. The minimum atomic E-state index is -0.459. The lowest BCUT2D eigenvalue weighted by Gasteiger charge is -2.19. The van der Waals surface area contributed by atoms with Crippen LogP contribution in [0, 0.1) is 0 Å². The molecule has 0 saturated heterocycles. The van der Waals surface area contributed by atoms with Crippen molar-refractivity contribution in [1.29, 1.82) is 0 Å². The Kier molecular flexibility index (Phi) is 30.6. The number of hydrogen-bond acceptors (Lipinski definition) is 8. The Morgan fingerprint density at radius 1 is 0.425 bits per heavy atom. The van der Waals surface area contributed by atoms with Crippen LogP contribution in [0.3, 0.4) is 0 Å². The molecule has 8 nitrogen and oxygen atoms in total. The number of esters is 1. The van der Waals surface area contributed by atoms with E-state index in [-0.39, 0.29) is 12.4 Å². The first-order chi connectivity index (χ1) is 19.5. The number of hydrogen-bond donors (Lipinski definition) is 0. The van der Waals surface area contributed by atoms with Crippen molar-refractivity contribution in [2.24, 2.45) is 0 Å². The van der Waals surface area contributed by atoms with Crippen molar-refractivity contribution < 1.29 is 38.0 Å². The summed E-state index contributed by atoms with van der Waals surface area (Å²) in [5.41, 5.74) is -0.459. The number of unbranched alkanes of at least 4 members (excludes halogenated alkanes) is 12. The molecule has 0 bridgehead atoms. The smallest absolute Gasteiger partial charge is 0.308 e. The Morgan fingerprint density at radius 2 is 0.725 bits per heavy atom. The van der Waals surface area contributed by atoms with Crippen LogP contribution in [0.4, 0.5) is 0 Å². The molecule has 0 aliphatic carbocycles. The molecule has 8 heteroatoms. The summed E-state index contributed by atoms with van der Waals surface area (Å²) in [5.74, 6) is -0.250. The van der Waals surface area contributed by atoms with E-state index in [1.165, 1.54) is 77.0 Å². The number of carbonyl (C=O) groups is 1. The van der Waals surface area contributed by atoms with Crippen molar-refractivity contribution in [3.63, 3.8) is 0 Å². The van der Waals surface area contributed by atoms with Crippen molar-refractivity contribution in [1.82, 2.24) is 0 Å². The monoisotopic (exact) mass is 576 g/mol. The van der Waals surface area contributed by atoms with Gasteiger partial charge in [-0.1, -0.05) is 84.0 Å². The van der Waals surface area contributed by atoms with E-state index in [1.54, 1.807) is 0 Å². The van der Waals surface area contributed by atoms with Gasteiger partial charge in [-0.25, -0.2) is 0 Å². The van der Waals surface area contributed by atoms with Crippen molar-refractivity contribution in [3.8, 4) is 0 Å². The van der Waals surface area contributed by atoms with E-state index in [0.717, 1.165) is 13.0 Å². The van der Waals surface area contributed by atoms with Crippen LogP contribution in [-0.4, -0.2) is 90.9 Å². The maximum atomic E-state index is 11.5. The summed E-state index contributed by atoms with van der Waals surface area (Å²) in [6, 6.07) is 0. The molecular weight excluding hydrogens is 512 g/mol. The molecular formula is C32H64O8. The minimum absolute atomic E-state index is 0.249. The predicted octanol–water partition coefficient (Wildman–Crippen LogP) is 6.91. The van der Waals surface area contributed by atoms with E-state index < -0.39 is 5.60 Å². The van der Waals surface area contributed by atoms with E-state index in [1.807, 2.05) is 20.8 Å². The highest BCUT2D eigenvalue weighted by Gasteiger charge is 2.15. The van der Waals surface area contributed by atoms with Crippen LogP contribution < -0.4 is 0 Å². The van der Waals surface area contributed by atoms with Crippen LogP contribution in [0.25, 0.3) is 0 Å². The average molecular weight is 577 g/mol. The summed E-state index contributed by atoms with van der Waals surface area (Å²) in [5, 5.41) is 0. The molecule has 40 heavy (non-hydrogen) atoms. The molecule has 0 aliphatic heterocycles. The lowest BCUT2D eigenvalue weighted by atomic mass is 10.0. The highest BCUT2D eigenvalue weighted by Crippen LogP contribution is 2.12. The Balaban J connectivity index is 3.09. The van der Waals surface area contributed by atoms with Gasteiger partial charge in [0.15, 0.2) is 0 Å². The quantitative estimate of drug-likeness (QED) is 0.0631. The molecule has 0 atom stereocenters. The van der Waals surface area contributed by atoms with Crippen LogP contribution in [0.2, 0.25) is 0 Å². The van der Waals surface area contributed by atoms with Gasteiger partial charge in [0.25, 0.3) is 0 Å². The van der Waals surface area contributed by atoms with Gasteiger partial charge in [0, 0.05) is 6.61 Å². The van der Waals surface area contributed by atoms with Gasteiger partial charge < -0.3 is 33.2 Å². The lowest BCUT2D eigenvalue weighted by molar-refractivity contribution is -0.156. The highest BCUT2D eigenvalue weighted by molar-refractivity contribution is 5.69. The molecule has 0 unspecified atom stereocenters. The zero-order valence-corrected chi connectivity index (χ0v) is 26.7. The summed E-state index contributed by atoms with van der Waals surface area (Å²) in [4.78, 5) is 11.5. The maximum absolute atomic E-state index is 11.5. The Morgan fingerprint density at radius 3 is 1.07 bits per heavy atom. The van der Waals surface area contributed by atoms with Gasteiger partial charge in [0.1, 0.15) is 5.60 Å². The van der Waals surface area contributed by atoms with Crippen LogP contribution in [0.5, 0.6) is 0 Å². The molecule has 0 heterocycles. The first-order valence-corrected chi connectivity index (χ1v) is 16.1. The van der Waals surface area contributed by atoms with Crippen molar-refractivity contribution >= 4 is 5.97 Å². The first-order valence-electron chi connectivity index (χ1n) is 16.1. The zero-order valence-electron chi connectivity index (χ0n) is 26.7. The van der Waals surface area contributed by atoms with Gasteiger partial charge in [-0.2, -0.15) is 0 Å². The van der Waals surface area contributed by atoms with Crippen molar-refractivity contribution in [2.75, 3.05) is 79.3 Å². The number of carbonyl (C=O) groups excluding carboxylic acids is 1. The second-order valence-corrected chi connectivity index (χ2v) is 11.3. The fourth-order valence-corrected chi connectivity index (χ4v) is 3.97. The minimum Gasteiger partial charge on any atom is -0.460 e. The lowest BCUT2D eigenvalue weighted by Crippen LogP contribution is -2.24. The molecule has 0 rings (SSSR count). The van der Waals surface area contributed by atoms with E-state index in [9.17, 15) is 4.79 Å². The largest absolute Gasteiger partial charge is 0.460 e. The number of rotatable bonds is 32. The summed E-state index contributed by atoms with van der Waals surface area (Å²) in [6.45, 7) is 14.4. The van der Waals surface area contributed by atoms with Gasteiger partial charge in [-0.3, -0.25) is 4.79 Å². The third kappa shape index (κ3) is 35.3. The molecule has 0 aromatic heterocycles. The van der Waals surface area contributed by atoms with Gasteiger partial charge in [0.2, 0.25) is 0 Å². The van der Waals surface area contributed by atoms with E-state index >= 15 is 0 Å². The first kappa shape index (κ1) is 39.2. The Hall–Kier alpha value is -0.770. The molecule has 0 aliphatic rings. The van der Waals surface area contributed by atoms with Gasteiger partial charge in [0.05, 0.1) is 79.1 Å². The normalized spacial score (nSPS) is 11.8. The SMILES string of the molecule is CCCCCCCCCCCCCCCOCCOCCOCCOCCOCCOCCC(=O)OC(C)(C)C. The molecule has 0 spiro atoms. The molecule has 0 amide bonds. The van der Waals surface area contributed by atoms with Crippen molar-refractivity contribution in [3.05, 3.63) is 0 Å². The summed E-state index contributed by atoms with van der Waals surface area (Å²) in [7, 11) is 0. The fourth-order valence-electron chi connectivity index (χ4n) is 3.97. The molecule has 0 radical (unpaired) electrons. The van der Waals surface area contributed by atoms with Crippen LogP contribution in [0.1, 0.15) is 118 Å². The molecule has 240 valence electrons. The van der Waals surface area contributed by atoms with E-state index in [2.05, 4.69) is 6.92 Å². The van der Waals surface area contributed by atoms with E-state index in [4.69, 9.17) is 33.2 Å². The standard InChI is InChI=1S/C32H64O8/c1-5-6-7-8-9-10-11-12-13-14-15-16-17-19-34-21-23-36-25-27-38-29-30-39-28-26-37-24-22-35-20-18-31(33)40-32(2,3)4/h5-30H2,1-4H3. The fraction of sp³-hybridized carbons (Fsp3) is 0.969. The highest BCUT2D eigenvalue weighted by atomic mass is 16.6. The zero-order chi connectivity index (χ0) is 29.4. The van der Waals surface area contributed by atoms with Crippen LogP contribution >= 0.6 is 0 Å². The average Bonchev–Trinajstić information content (AvgIpc) is 2.90. The van der Waals surface area contributed by atoms with Gasteiger partial charge in [-0.15, -0.1) is 0 Å². The topological polar surface area (TPSA) is 81.7 Å². The summed E-state index contributed by atoms with van der Waals surface area (Å²) in [6.07, 6.45) is 18.0. The van der Waals surface area contributed by atoms with E-state index in [0.29, 0.717) is 72.7 Å². The molecule has 0 aromatic rings. The molecule has 0 aromatic carbocycles. The number of ether oxygens (including phenoxy) is 7. The van der Waals surface area contributed by atoms with Crippen molar-refractivity contribution in [2.45, 2.75) is 123 Å². The maximum Gasteiger partial charge on any atom is 0.308 e. The Labute approximate surface area is 246 Å². The molecule has 0 N–H and O–H groups in total. The van der Waals surface area contributed by atoms with Crippen LogP contribution in [-0.2, 0) is 38.0 Å². The van der Waals surface area contributed by atoms with Crippen LogP contribution in [0.15, 0.2) is 0 Å². The second kappa shape index (κ2) is 31.2. The second-order valence-electron chi connectivity index (χ2n) is 11.3. The van der Waals surface area contributed by atoms with Gasteiger partial charge >= 0.3 is 5.97 Å². The Bertz CT molecular complexity index is 510. The summed E-state index contributed by atoms with van der Waals surface area (Å²) >= 11 is 0. The van der Waals surface area contributed by atoms with Gasteiger partial charge in [-0.05, 0) is 27.2 Å². The summed E-state index contributed by atoms with van der Waals surface area (Å²) < 4.78 is 38.2. The predicted molar refractivity (Wildman–Crippen MR) is 161 cm³/mol. The molecule has 0 fully saturated rings.